The Kier molecular flexibility index (Phi) is 4.53. The normalized spacial score (nSPS) is 17.5. The van der Waals surface area contributed by atoms with E-state index < -0.39 is 0 Å². The molecule has 2 unspecified atom stereocenters. The second-order valence-corrected chi connectivity index (χ2v) is 7.37. The summed E-state index contributed by atoms with van der Waals surface area (Å²) in [6.45, 7) is 2.21. The fourth-order valence-corrected chi connectivity index (χ4v) is 3.73. The Morgan fingerprint density at radius 2 is 1.90 bits per heavy atom. The number of rotatable bonds is 6. The highest BCUT2D eigenvalue weighted by Gasteiger charge is 2.33. The minimum Gasteiger partial charge on any atom is -0.497 e. The van der Waals surface area contributed by atoms with E-state index in [1.807, 2.05) is 18.2 Å². The Balaban J connectivity index is 1.75. The van der Waals surface area contributed by atoms with E-state index in [4.69, 9.17) is 16.3 Å². The standard InChI is InChI=1S/C17H20ClNOS/c1-11(15-9-10-16(18)21-15)19-17(12-3-4-12)13-5-7-14(20-2)8-6-13/h5-12,17,19H,3-4H2,1-2H3. The predicted molar refractivity (Wildman–Crippen MR) is 89.3 cm³/mol. The molecule has 21 heavy (non-hydrogen) atoms. The van der Waals surface area contributed by atoms with E-state index in [0.717, 1.165) is 16.0 Å². The molecule has 0 bridgehead atoms. The molecule has 3 rings (SSSR count). The molecule has 0 spiro atoms. The molecule has 112 valence electrons. The topological polar surface area (TPSA) is 21.3 Å². The number of benzene rings is 1. The highest BCUT2D eigenvalue weighted by Crippen LogP contribution is 2.42. The van der Waals surface area contributed by atoms with Crippen molar-refractivity contribution in [3.8, 4) is 5.75 Å². The lowest BCUT2D eigenvalue weighted by Gasteiger charge is -2.23. The number of nitrogens with one attached hydrogen (secondary N) is 1. The van der Waals surface area contributed by atoms with Crippen molar-refractivity contribution < 1.29 is 4.74 Å². The van der Waals surface area contributed by atoms with Crippen molar-refractivity contribution in [2.45, 2.75) is 31.8 Å². The van der Waals surface area contributed by atoms with Gasteiger partial charge >= 0.3 is 0 Å². The molecule has 2 atom stereocenters. The molecule has 1 aliphatic carbocycles. The van der Waals surface area contributed by atoms with Gasteiger partial charge in [0.2, 0.25) is 0 Å². The molecular formula is C17H20ClNOS. The first-order valence-electron chi connectivity index (χ1n) is 7.32. The molecule has 0 aliphatic heterocycles. The zero-order valence-corrected chi connectivity index (χ0v) is 13.9. The van der Waals surface area contributed by atoms with Crippen molar-refractivity contribution in [1.82, 2.24) is 5.32 Å². The van der Waals surface area contributed by atoms with E-state index in [0.29, 0.717) is 12.1 Å². The average Bonchev–Trinajstić information content (AvgIpc) is 3.25. The number of halogens is 1. The number of thiophene rings is 1. The summed E-state index contributed by atoms with van der Waals surface area (Å²) in [7, 11) is 1.70. The van der Waals surface area contributed by atoms with Gasteiger partial charge in [0.25, 0.3) is 0 Å². The summed E-state index contributed by atoms with van der Waals surface area (Å²) in [4.78, 5) is 1.29. The Labute approximate surface area is 135 Å². The van der Waals surface area contributed by atoms with E-state index in [9.17, 15) is 0 Å². The Morgan fingerprint density at radius 1 is 1.19 bits per heavy atom. The van der Waals surface area contributed by atoms with Crippen molar-refractivity contribution in [3.63, 3.8) is 0 Å². The quantitative estimate of drug-likeness (QED) is 0.788. The predicted octanol–water partition coefficient (Wildman–Crippen LogP) is 5.21. The highest BCUT2D eigenvalue weighted by molar-refractivity contribution is 7.16. The van der Waals surface area contributed by atoms with Gasteiger partial charge in [0.1, 0.15) is 5.75 Å². The first-order chi connectivity index (χ1) is 10.2. The minimum atomic E-state index is 0.315. The Morgan fingerprint density at radius 3 is 2.43 bits per heavy atom. The maximum atomic E-state index is 6.04. The minimum absolute atomic E-state index is 0.315. The first kappa shape index (κ1) is 14.9. The number of ether oxygens (including phenoxy) is 1. The monoisotopic (exact) mass is 321 g/mol. The van der Waals surface area contributed by atoms with Crippen molar-refractivity contribution in [1.29, 1.82) is 0 Å². The molecule has 0 amide bonds. The fraction of sp³-hybridized carbons (Fsp3) is 0.412. The summed E-state index contributed by atoms with van der Waals surface area (Å²) in [6, 6.07) is 13.2. The van der Waals surface area contributed by atoms with Crippen molar-refractivity contribution in [2.24, 2.45) is 5.92 Å². The second kappa shape index (κ2) is 6.39. The fourth-order valence-electron chi connectivity index (χ4n) is 2.66. The van der Waals surface area contributed by atoms with Crippen molar-refractivity contribution in [3.05, 3.63) is 51.2 Å². The van der Waals surface area contributed by atoms with Crippen molar-refractivity contribution >= 4 is 22.9 Å². The summed E-state index contributed by atoms with van der Waals surface area (Å²) in [5.41, 5.74) is 1.34. The van der Waals surface area contributed by atoms with Crippen LogP contribution in [-0.2, 0) is 0 Å². The molecule has 1 N–H and O–H groups in total. The van der Waals surface area contributed by atoms with Crippen molar-refractivity contribution in [2.75, 3.05) is 7.11 Å². The van der Waals surface area contributed by atoms with Gasteiger partial charge in [-0.25, -0.2) is 0 Å². The number of hydrogen-bond acceptors (Lipinski definition) is 3. The molecule has 0 radical (unpaired) electrons. The lowest BCUT2D eigenvalue weighted by atomic mass is 10.0. The third-order valence-electron chi connectivity index (χ3n) is 4.02. The van der Waals surface area contributed by atoms with Gasteiger partial charge < -0.3 is 10.1 Å². The third kappa shape index (κ3) is 3.60. The van der Waals surface area contributed by atoms with Crippen LogP contribution in [0.2, 0.25) is 4.34 Å². The van der Waals surface area contributed by atoms with Gasteiger partial charge in [-0.1, -0.05) is 23.7 Å². The van der Waals surface area contributed by atoms with E-state index in [1.165, 1.54) is 23.3 Å². The average molecular weight is 322 g/mol. The molecule has 1 aromatic heterocycles. The molecule has 4 heteroatoms. The summed E-state index contributed by atoms with van der Waals surface area (Å²) >= 11 is 7.70. The summed E-state index contributed by atoms with van der Waals surface area (Å²) < 4.78 is 6.10. The Hall–Kier alpha value is -1.03. The SMILES string of the molecule is COc1ccc(C(NC(C)c2ccc(Cl)s2)C2CC2)cc1. The molecule has 0 saturated heterocycles. The molecule has 2 aromatic rings. The van der Waals surface area contributed by atoms with Crippen LogP contribution in [0.15, 0.2) is 36.4 Å². The molecule has 2 nitrogen and oxygen atoms in total. The molecule has 1 aliphatic rings. The molecule has 1 aromatic carbocycles. The van der Waals surface area contributed by atoms with E-state index in [-0.39, 0.29) is 0 Å². The van der Waals surface area contributed by atoms with Crippen LogP contribution in [0, 0.1) is 5.92 Å². The lowest BCUT2D eigenvalue weighted by molar-refractivity contribution is 0.411. The molecular weight excluding hydrogens is 302 g/mol. The summed E-state index contributed by atoms with van der Waals surface area (Å²) in [6.07, 6.45) is 2.61. The first-order valence-corrected chi connectivity index (χ1v) is 8.52. The van der Waals surface area contributed by atoms with Crippen LogP contribution in [0.4, 0.5) is 0 Å². The van der Waals surface area contributed by atoms with Gasteiger partial charge in [0.05, 0.1) is 11.4 Å². The smallest absolute Gasteiger partial charge is 0.118 e. The zero-order valence-electron chi connectivity index (χ0n) is 12.3. The van der Waals surface area contributed by atoms with Crippen LogP contribution in [0.1, 0.15) is 42.3 Å². The third-order valence-corrected chi connectivity index (χ3v) is 5.43. The van der Waals surface area contributed by atoms with E-state index >= 15 is 0 Å². The zero-order chi connectivity index (χ0) is 14.8. The van der Waals surface area contributed by atoms with Gasteiger partial charge in [-0.2, -0.15) is 0 Å². The van der Waals surface area contributed by atoms with Gasteiger partial charge in [-0.05, 0) is 55.5 Å². The largest absolute Gasteiger partial charge is 0.497 e. The molecule has 1 heterocycles. The maximum Gasteiger partial charge on any atom is 0.118 e. The number of methoxy groups -OCH3 is 1. The maximum absolute atomic E-state index is 6.04. The summed E-state index contributed by atoms with van der Waals surface area (Å²) in [5, 5.41) is 3.77. The number of hydrogen-bond donors (Lipinski definition) is 1. The van der Waals surface area contributed by atoms with Crippen LogP contribution >= 0.6 is 22.9 Å². The molecule has 1 fully saturated rings. The van der Waals surface area contributed by atoms with Gasteiger partial charge in [0, 0.05) is 17.0 Å². The second-order valence-electron chi connectivity index (χ2n) is 5.62. The summed E-state index contributed by atoms with van der Waals surface area (Å²) in [5.74, 6) is 1.66. The van der Waals surface area contributed by atoms with Crippen LogP contribution in [0.5, 0.6) is 5.75 Å². The Bertz CT molecular complexity index is 591. The lowest BCUT2D eigenvalue weighted by Crippen LogP contribution is -2.25. The van der Waals surface area contributed by atoms with Crippen LogP contribution < -0.4 is 10.1 Å². The van der Waals surface area contributed by atoms with E-state index in [1.54, 1.807) is 18.4 Å². The van der Waals surface area contributed by atoms with Crippen LogP contribution in [0.25, 0.3) is 0 Å². The van der Waals surface area contributed by atoms with Gasteiger partial charge in [0.15, 0.2) is 0 Å². The highest BCUT2D eigenvalue weighted by atomic mass is 35.5. The van der Waals surface area contributed by atoms with Gasteiger partial charge in [-0.3, -0.25) is 0 Å². The van der Waals surface area contributed by atoms with Crippen LogP contribution in [-0.4, -0.2) is 7.11 Å². The molecule has 1 saturated carbocycles. The van der Waals surface area contributed by atoms with E-state index in [2.05, 4.69) is 30.4 Å². The van der Waals surface area contributed by atoms with Crippen LogP contribution in [0.3, 0.4) is 0 Å². The van der Waals surface area contributed by atoms with Gasteiger partial charge in [-0.15, -0.1) is 11.3 Å².